The van der Waals surface area contributed by atoms with Gasteiger partial charge in [-0.05, 0) is 42.0 Å². The van der Waals surface area contributed by atoms with Crippen LogP contribution in [0.1, 0.15) is 40.2 Å². The second-order valence-corrected chi connectivity index (χ2v) is 10.4. The van der Waals surface area contributed by atoms with Gasteiger partial charge in [0.1, 0.15) is 4.33 Å². The van der Waals surface area contributed by atoms with Crippen LogP contribution in [-0.4, -0.2) is 22.2 Å². The normalized spacial score (nSPS) is 19.6. The number of anilines is 1. The van der Waals surface area contributed by atoms with E-state index in [0.29, 0.717) is 0 Å². The predicted octanol–water partition coefficient (Wildman–Crippen LogP) is 8.17. The smallest absolute Gasteiger partial charge is 0.326 e. The van der Waals surface area contributed by atoms with Crippen LogP contribution in [0.3, 0.4) is 0 Å². The van der Waals surface area contributed by atoms with Gasteiger partial charge in [0.25, 0.3) is 0 Å². The van der Waals surface area contributed by atoms with Gasteiger partial charge in [0.05, 0.1) is 22.9 Å². The maximum absolute atomic E-state index is 13.2. The molecule has 184 valence electrons. The molecule has 1 N–H and O–H groups in total. The van der Waals surface area contributed by atoms with E-state index in [0.717, 1.165) is 18.2 Å². The maximum Gasteiger partial charge on any atom is 0.416 e. The lowest BCUT2D eigenvalue weighted by molar-refractivity contribution is -0.137. The quantitative estimate of drug-likeness (QED) is 0.204. The molecule has 3 nitrogen and oxygen atoms in total. The van der Waals surface area contributed by atoms with Crippen LogP contribution in [0.15, 0.2) is 40.9 Å². The summed E-state index contributed by atoms with van der Waals surface area (Å²) in [6.45, 7) is 0. The molecule has 1 aliphatic carbocycles. The number of halogens is 10. The summed E-state index contributed by atoms with van der Waals surface area (Å²) in [5.74, 6) is -3.72. The summed E-state index contributed by atoms with van der Waals surface area (Å²) in [5.41, 5.74) is -1.05. The molecule has 2 unspecified atom stereocenters. The third kappa shape index (κ3) is 6.19. The molecule has 0 heterocycles. The Morgan fingerprint density at radius 3 is 2.26 bits per heavy atom. The molecule has 1 aliphatic rings. The summed E-state index contributed by atoms with van der Waals surface area (Å²) in [7, 11) is 0. The van der Waals surface area contributed by atoms with Crippen LogP contribution >= 0.6 is 50.7 Å². The van der Waals surface area contributed by atoms with Crippen molar-refractivity contribution in [1.82, 2.24) is 0 Å². The van der Waals surface area contributed by atoms with Crippen LogP contribution in [0.5, 0.6) is 0 Å². The minimum Gasteiger partial charge on any atom is -0.326 e. The number of Topliss-reactive ketones (excluding diaryl/α,β-unsaturated/α-hetero) is 1. The Morgan fingerprint density at radius 1 is 1.03 bits per heavy atom. The lowest BCUT2D eigenvalue weighted by Gasteiger charge is -2.11. The lowest BCUT2D eigenvalue weighted by Crippen LogP contribution is -2.17. The van der Waals surface area contributed by atoms with Crippen molar-refractivity contribution in [3.05, 3.63) is 62.6 Å². The zero-order chi connectivity index (χ0) is 25.6. The van der Waals surface area contributed by atoms with E-state index in [1.54, 1.807) is 0 Å². The van der Waals surface area contributed by atoms with E-state index in [2.05, 4.69) is 21.2 Å². The van der Waals surface area contributed by atoms with Crippen LogP contribution in [-0.2, 0) is 11.0 Å². The first-order valence-corrected chi connectivity index (χ1v) is 11.4. The molecule has 2 atom stereocenters. The van der Waals surface area contributed by atoms with E-state index >= 15 is 0 Å². The minimum absolute atomic E-state index is 0.0322. The molecular formula is C21H13BrCl3F6NO2. The summed E-state index contributed by atoms with van der Waals surface area (Å²) in [5, 5.41) is 2.33. The molecule has 0 aromatic heterocycles. The molecule has 0 radical (unpaired) electrons. The number of hydrogen-bond donors (Lipinski definition) is 1. The van der Waals surface area contributed by atoms with Gasteiger partial charge < -0.3 is 5.32 Å². The molecule has 3 rings (SSSR count). The molecule has 34 heavy (non-hydrogen) atoms. The molecule has 1 amide bonds. The van der Waals surface area contributed by atoms with Gasteiger partial charge in [-0.3, -0.25) is 9.59 Å². The minimum atomic E-state index is -4.63. The van der Waals surface area contributed by atoms with Gasteiger partial charge >= 0.3 is 12.4 Å². The zero-order valence-electron chi connectivity index (χ0n) is 16.6. The van der Waals surface area contributed by atoms with Crippen molar-refractivity contribution in [2.45, 2.75) is 35.4 Å². The molecule has 1 fully saturated rings. The Labute approximate surface area is 212 Å². The van der Waals surface area contributed by atoms with Gasteiger partial charge in [-0.1, -0.05) is 27.5 Å². The Hall–Kier alpha value is -1.49. The fourth-order valence-corrected chi connectivity index (χ4v) is 5.01. The number of nitrogens with one attached hydrogen (secondary N) is 1. The van der Waals surface area contributed by atoms with E-state index in [9.17, 15) is 35.9 Å². The van der Waals surface area contributed by atoms with E-state index < -0.39 is 58.6 Å². The molecule has 0 aliphatic heterocycles. The second kappa shape index (κ2) is 9.52. The molecular weight excluding hydrogens is 598 g/mol. The highest BCUT2D eigenvalue weighted by atomic mass is 79.9. The average Bonchev–Trinajstić information content (AvgIpc) is 3.28. The molecule has 1 saturated carbocycles. The van der Waals surface area contributed by atoms with E-state index in [4.69, 9.17) is 34.8 Å². The molecule has 13 heteroatoms. The van der Waals surface area contributed by atoms with Gasteiger partial charge in [-0.25, -0.2) is 0 Å². The summed E-state index contributed by atoms with van der Waals surface area (Å²) in [6.07, 6.45) is -11.3. The highest BCUT2D eigenvalue weighted by Crippen LogP contribution is 2.65. The topological polar surface area (TPSA) is 46.2 Å². The monoisotopic (exact) mass is 609 g/mol. The van der Waals surface area contributed by atoms with Crippen LogP contribution in [0.4, 0.5) is 32.0 Å². The van der Waals surface area contributed by atoms with Gasteiger partial charge in [-0.2, -0.15) is 26.3 Å². The third-order valence-electron chi connectivity index (χ3n) is 5.11. The third-order valence-corrected chi connectivity index (χ3v) is 6.84. The first-order chi connectivity index (χ1) is 15.5. The van der Waals surface area contributed by atoms with Crippen molar-refractivity contribution in [2.75, 3.05) is 5.32 Å². The molecule has 2 aromatic rings. The number of carbonyl (C=O) groups excluding carboxylic acids is 2. The number of rotatable bonds is 6. The van der Waals surface area contributed by atoms with Gasteiger partial charge in [0.2, 0.25) is 5.91 Å². The fraction of sp³-hybridized carbons (Fsp3) is 0.333. The Bertz CT molecular complexity index is 1140. The Morgan fingerprint density at radius 2 is 1.68 bits per heavy atom. The standard InChI is InChI=1S/C21H13BrCl3F6NO2/c22-11-6-9(5-10(7-11)21(29,30)31)16-17(20(16,24)25)18(34)32-12-1-2-14(23)13(8-12)15(33)3-4-19(26,27)28/h1-2,5-8,16-17H,3-4H2,(H,32,34). The van der Waals surface area contributed by atoms with Crippen molar-refractivity contribution in [1.29, 1.82) is 0 Å². The summed E-state index contributed by atoms with van der Waals surface area (Å²) < 4.78 is 75.1. The molecule has 0 spiro atoms. The molecule has 0 saturated heterocycles. The SMILES string of the molecule is O=C(CCC(F)(F)F)c1cc(NC(=O)C2C(c3cc(Br)cc(C(F)(F)F)c3)C2(Cl)Cl)ccc1Cl. The number of ketones is 1. The van der Waals surface area contributed by atoms with Gasteiger partial charge in [0.15, 0.2) is 5.78 Å². The van der Waals surface area contributed by atoms with Crippen molar-refractivity contribution >= 4 is 68.1 Å². The summed E-state index contributed by atoms with van der Waals surface area (Å²) in [6, 6.07) is 6.73. The Balaban J connectivity index is 1.79. The van der Waals surface area contributed by atoms with Crippen molar-refractivity contribution in [2.24, 2.45) is 5.92 Å². The first-order valence-electron chi connectivity index (χ1n) is 9.46. The largest absolute Gasteiger partial charge is 0.416 e. The van der Waals surface area contributed by atoms with E-state index in [1.165, 1.54) is 18.2 Å². The number of benzene rings is 2. The predicted molar refractivity (Wildman–Crippen MR) is 120 cm³/mol. The summed E-state index contributed by atoms with van der Waals surface area (Å²) in [4.78, 5) is 24.9. The number of amides is 1. The Kier molecular flexibility index (Phi) is 7.59. The van der Waals surface area contributed by atoms with Gasteiger partial charge in [0, 0.05) is 28.1 Å². The van der Waals surface area contributed by atoms with Crippen LogP contribution in [0, 0.1) is 5.92 Å². The number of carbonyl (C=O) groups is 2. The fourth-order valence-electron chi connectivity index (χ4n) is 3.45. The van der Waals surface area contributed by atoms with Crippen molar-refractivity contribution < 1.29 is 35.9 Å². The van der Waals surface area contributed by atoms with Crippen molar-refractivity contribution in [3.8, 4) is 0 Å². The summed E-state index contributed by atoms with van der Waals surface area (Å²) >= 11 is 21.3. The zero-order valence-corrected chi connectivity index (χ0v) is 20.5. The number of alkyl halides is 8. The highest BCUT2D eigenvalue weighted by Gasteiger charge is 2.67. The second-order valence-electron chi connectivity index (χ2n) is 7.62. The molecule has 2 aromatic carbocycles. The number of hydrogen-bond acceptors (Lipinski definition) is 2. The maximum atomic E-state index is 13.2. The first kappa shape index (κ1) is 27.1. The van der Waals surface area contributed by atoms with Gasteiger partial charge in [-0.15, -0.1) is 23.2 Å². The average molecular weight is 612 g/mol. The van der Waals surface area contributed by atoms with Crippen LogP contribution in [0.2, 0.25) is 5.02 Å². The van der Waals surface area contributed by atoms with Crippen molar-refractivity contribution in [3.63, 3.8) is 0 Å². The highest BCUT2D eigenvalue weighted by molar-refractivity contribution is 9.10. The molecule has 0 bridgehead atoms. The van der Waals surface area contributed by atoms with E-state index in [-0.39, 0.29) is 26.3 Å². The van der Waals surface area contributed by atoms with Crippen LogP contribution < -0.4 is 5.32 Å². The van der Waals surface area contributed by atoms with E-state index in [1.807, 2.05) is 0 Å². The lowest BCUT2D eigenvalue weighted by atomic mass is 10.0. The van der Waals surface area contributed by atoms with Crippen LogP contribution in [0.25, 0.3) is 0 Å².